The lowest BCUT2D eigenvalue weighted by atomic mass is 10.0. The molecule has 0 radical (unpaired) electrons. The molecule has 9 heteroatoms. The Morgan fingerprint density at radius 3 is 2.87 bits per heavy atom. The van der Waals surface area contributed by atoms with Crippen LogP contribution >= 0.6 is 0 Å². The third-order valence-electron chi connectivity index (χ3n) is 5.02. The predicted octanol–water partition coefficient (Wildman–Crippen LogP) is 2.95. The number of fused-ring (bicyclic) bond motifs is 1. The molecule has 166 valence electrons. The fourth-order valence-electron chi connectivity index (χ4n) is 3.36. The summed E-state index contributed by atoms with van der Waals surface area (Å²) in [4.78, 5) is 15.3. The van der Waals surface area contributed by atoms with Crippen LogP contribution in [0.2, 0.25) is 0 Å². The molecule has 0 spiro atoms. The SMILES string of the molecule is CCNC1CNCCC1(F)F.Cn1nc2ccc(OCc3ccccn3)cc2c1C=O. The van der Waals surface area contributed by atoms with Gasteiger partial charge in [-0.3, -0.25) is 14.5 Å². The third kappa shape index (κ3) is 5.83. The van der Waals surface area contributed by atoms with E-state index in [1.54, 1.807) is 17.9 Å². The van der Waals surface area contributed by atoms with Gasteiger partial charge in [0.15, 0.2) is 6.29 Å². The van der Waals surface area contributed by atoms with Gasteiger partial charge in [0.1, 0.15) is 18.1 Å². The third-order valence-corrected chi connectivity index (χ3v) is 5.02. The lowest BCUT2D eigenvalue weighted by Gasteiger charge is -2.32. The Bertz CT molecular complexity index is 992. The van der Waals surface area contributed by atoms with Gasteiger partial charge in [0.25, 0.3) is 5.92 Å². The Labute approximate surface area is 179 Å². The van der Waals surface area contributed by atoms with Crippen molar-refractivity contribution in [2.75, 3.05) is 19.6 Å². The van der Waals surface area contributed by atoms with Crippen LogP contribution in [0.15, 0.2) is 42.6 Å². The molecule has 2 aromatic heterocycles. The molecule has 1 aliphatic rings. The molecule has 7 nitrogen and oxygen atoms in total. The average molecular weight is 431 g/mol. The molecule has 1 fully saturated rings. The second-order valence-electron chi connectivity index (χ2n) is 7.24. The van der Waals surface area contributed by atoms with E-state index < -0.39 is 12.0 Å². The predicted molar refractivity (Wildman–Crippen MR) is 115 cm³/mol. The van der Waals surface area contributed by atoms with Crippen LogP contribution in [0.4, 0.5) is 8.78 Å². The quantitative estimate of drug-likeness (QED) is 0.584. The van der Waals surface area contributed by atoms with Crippen LogP contribution < -0.4 is 15.4 Å². The van der Waals surface area contributed by atoms with Gasteiger partial charge in [0, 0.05) is 38.1 Å². The van der Waals surface area contributed by atoms with Gasteiger partial charge in [-0.05, 0) is 36.9 Å². The van der Waals surface area contributed by atoms with Crippen molar-refractivity contribution < 1.29 is 18.3 Å². The van der Waals surface area contributed by atoms with Crippen LogP contribution in [0.25, 0.3) is 10.9 Å². The zero-order valence-electron chi connectivity index (χ0n) is 17.6. The van der Waals surface area contributed by atoms with Crippen molar-refractivity contribution in [2.45, 2.75) is 31.9 Å². The number of hydrogen-bond acceptors (Lipinski definition) is 6. The van der Waals surface area contributed by atoms with Crippen molar-refractivity contribution in [3.8, 4) is 5.75 Å². The Morgan fingerprint density at radius 1 is 1.35 bits per heavy atom. The summed E-state index contributed by atoms with van der Waals surface area (Å²) >= 11 is 0. The first-order valence-electron chi connectivity index (χ1n) is 10.2. The van der Waals surface area contributed by atoms with Gasteiger partial charge in [-0.15, -0.1) is 0 Å². The molecule has 0 bridgehead atoms. The van der Waals surface area contributed by atoms with E-state index in [9.17, 15) is 13.6 Å². The van der Waals surface area contributed by atoms with E-state index in [4.69, 9.17) is 4.74 Å². The molecule has 1 aromatic carbocycles. The van der Waals surface area contributed by atoms with Gasteiger partial charge in [0.2, 0.25) is 0 Å². The molecule has 3 aromatic rings. The molecule has 0 amide bonds. The lowest BCUT2D eigenvalue weighted by Crippen LogP contribution is -2.55. The number of nitrogens with one attached hydrogen (secondary N) is 2. The van der Waals surface area contributed by atoms with E-state index in [1.165, 1.54) is 0 Å². The number of aldehydes is 1. The number of carbonyl (C=O) groups excluding carboxylic acids is 1. The summed E-state index contributed by atoms with van der Waals surface area (Å²) in [6.07, 6.45) is 2.48. The largest absolute Gasteiger partial charge is 0.487 e. The summed E-state index contributed by atoms with van der Waals surface area (Å²) in [6, 6.07) is 10.5. The monoisotopic (exact) mass is 431 g/mol. The number of nitrogens with zero attached hydrogens (tertiary/aromatic N) is 3. The van der Waals surface area contributed by atoms with Crippen LogP contribution in [-0.4, -0.2) is 52.6 Å². The Morgan fingerprint density at radius 2 is 2.19 bits per heavy atom. The number of carbonyl (C=O) groups is 1. The number of aryl methyl sites for hydroxylation is 1. The zero-order chi connectivity index (χ0) is 22.3. The van der Waals surface area contributed by atoms with E-state index in [1.807, 2.05) is 43.3 Å². The van der Waals surface area contributed by atoms with Crippen LogP contribution in [-0.2, 0) is 13.7 Å². The highest BCUT2D eigenvalue weighted by Crippen LogP contribution is 2.25. The lowest BCUT2D eigenvalue weighted by molar-refractivity contribution is -0.0561. The summed E-state index contributed by atoms with van der Waals surface area (Å²) in [5.74, 6) is -1.83. The summed E-state index contributed by atoms with van der Waals surface area (Å²) in [7, 11) is 1.75. The molecule has 0 aliphatic carbocycles. The van der Waals surface area contributed by atoms with Crippen LogP contribution in [0.5, 0.6) is 5.75 Å². The zero-order valence-corrected chi connectivity index (χ0v) is 17.6. The second-order valence-corrected chi connectivity index (χ2v) is 7.24. The van der Waals surface area contributed by atoms with E-state index in [2.05, 4.69) is 20.7 Å². The van der Waals surface area contributed by atoms with Crippen molar-refractivity contribution in [2.24, 2.45) is 7.05 Å². The molecule has 1 atom stereocenters. The van der Waals surface area contributed by atoms with Crippen molar-refractivity contribution in [1.29, 1.82) is 0 Å². The first-order chi connectivity index (χ1) is 14.9. The minimum Gasteiger partial charge on any atom is -0.487 e. The molecule has 1 aliphatic heterocycles. The number of hydrogen-bond donors (Lipinski definition) is 2. The molecule has 4 rings (SSSR count). The second kappa shape index (κ2) is 10.4. The number of alkyl halides is 2. The number of rotatable bonds is 6. The topological polar surface area (TPSA) is 81.1 Å². The minimum absolute atomic E-state index is 0.0509. The molecule has 1 saturated heterocycles. The van der Waals surface area contributed by atoms with Crippen molar-refractivity contribution in [3.05, 3.63) is 54.0 Å². The standard InChI is InChI=1S/C15H13N3O2.C7H14F2N2/c1-18-15(9-19)13-8-12(5-6-14(13)17-18)20-10-11-4-2-3-7-16-11;1-2-11-6-5-10-4-3-7(6,8)9/h2-9H,10H2,1H3;6,10-11H,2-5H2,1H3. The number of likely N-dealkylation sites (N-methyl/N-ethyl adjacent to an activating group) is 1. The Balaban J connectivity index is 0.000000210. The fourth-order valence-corrected chi connectivity index (χ4v) is 3.36. The van der Waals surface area contributed by atoms with Crippen LogP contribution in [0.1, 0.15) is 29.5 Å². The number of ether oxygens (including phenoxy) is 1. The van der Waals surface area contributed by atoms with Crippen molar-refractivity contribution in [1.82, 2.24) is 25.4 Å². The maximum absolute atomic E-state index is 13.0. The number of piperidine rings is 1. The van der Waals surface area contributed by atoms with E-state index in [-0.39, 0.29) is 6.42 Å². The van der Waals surface area contributed by atoms with Gasteiger partial charge < -0.3 is 15.4 Å². The van der Waals surface area contributed by atoms with Gasteiger partial charge in [-0.2, -0.15) is 5.10 Å². The molecule has 2 N–H and O–H groups in total. The molecular weight excluding hydrogens is 404 g/mol. The summed E-state index contributed by atoms with van der Waals surface area (Å²) < 4.78 is 33.2. The van der Waals surface area contributed by atoms with E-state index >= 15 is 0 Å². The van der Waals surface area contributed by atoms with Gasteiger partial charge >= 0.3 is 0 Å². The molecule has 0 saturated carbocycles. The molecular formula is C22H27F2N5O2. The van der Waals surface area contributed by atoms with Crippen LogP contribution in [0, 0.1) is 0 Å². The van der Waals surface area contributed by atoms with Gasteiger partial charge in [-0.25, -0.2) is 8.78 Å². The summed E-state index contributed by atoms with van der Waals surface area (Å²) in [5, 5.41) is 10.7. The van der Waals surface area contributed by atoms with Crippen molar-refractivity contribution >= 4 is 17.2 Å². The van der Waals surface area contributed by atoms with Gasteiger partial charge in [0.05, 0.1) is 17.3 Å². The van der Waals surface area contributed by atoms with Crippen LogP contribution in [0.3, 0.4) is 0 Å². The smallest absolute Gasteiger partial charge is 0.265 e. The van der Waals surface area contributed by atoms with Crippen molar-refractivity contribution in [3.63, 3.8) is 0 Å². The first kappa shape index (κ1) is 22.8. The maximum atomic E-state index is 13.0. The highest BCUT2D eigenvalue weighted by atomic mass is 19.3. The number of benzene rings is 1. The summed E-state index contributed by atoms with van der Waals surface area (Å²) in [6.45, 7) is 3.63. The maximum Gasteiger partial charge on any atom is 0.265 e. The summed E-state index contributed by atoms with van der Waals surface area (Å²) in [5.41, 5.74) is 2.18. The number of halogens is 2. The highest BCUT2D eigenvalue weighted by Gasteiger charge is 2.40. The minimum atomic E-state index is -2.53. The molecule has 1 unspecified atom stereocenters. The molecule has 3 heterocycles. The first-order valence-corrected chi connectivity index (χ1v) is 10.2. The highest BCUT2D eigenvalue weighted by molar-refractivity contribution is 5.95. The Kier molecular flexibility index (Phi) is 7.64. The van der Waals surface area contributed by atoms with Gasteiger partial charge in [-0.1, -0.05) is 13.0 Å². The fraction of sp³-hybridized carbons (Fsp3) is 0.409. The number of aromatic nitrogens is 3. The normalized spacial score (nSPS) is 17.6. The van der Waals surface area contributed by atoms with E-state index in [0.29, 0.717) is 37.7 Å². The number of pyridine rings is 1. The average Bonchev–Trinajstić information content (AvgIpc) is 3.09. The molecule has 31 heavy (non-hydrogen) atoms. The Hall–Kier alpha value is -2.91. The van der Waals surface area contributed by atoms with E-state index in [0.717, 1.165) is 22.9 Å².